The van der Waals surface area contributed by atoms with Crippen LogP contribution in [0.4, 0.5) is 0 Å². The third-order valence-electron chi connectivity index (χ3n) is 4.97. The van der Waals surface area contributed by atoms with Gasteiger partial charge in [-0.3, -0.25) is 0 Å². The molecular formula is C12H17N. The summed E-state index contributed by atoms with van der Waals surface area (Å²) in [6, 6.07) is 2.68. The Hall–Kier alpha value is -0.510. The van der Waals surface area contributed by atoms with Crippen molar-refractivity contribution in [2.45, 2.75) is 44.9 Å². The van der Waals surface area contributed by atoms with Gasteiger partial charge in [-0.2, -0.15) is 5.26 Å². The Labute approximate surface area is 80.1 Å². The normalized spacial score (nSPS) is 53.0. The van der Waals surface area contributed by atoms with E-state index in [4.69, 9.17) is 0 Å². The third-order valence-corrected chi connectivity index (χ3v) is 4.97. The van der Waals surface area contributed by atoms with Crippen LogP contribution in [-0.4, -0.2) is 0 Å². The molecule has 0 saturated heterocycles. The zero-order valence-corrected chi connectivity index (χ0v) is 8.13. The molecule has 0 radical (unpaired) electrons. The Morgan fingerprint density at radius 3 is 2.92 bits per heavy atom. The van der Waals surface area contributed by atoms with E-state index in [0.29, 0.717) is 0 Å². The van der Waals surface area contributed by atoms with Gasteiger partial charge in [-0.1, -0.05) is 12.8 Å². The van der Waals surface area contributed by atoms with Crippen LogP contribution in [0.3, 0.4) is 0 Å². The molecule has 1 heteroatoms. The lowest BCUT2D eigenvalue weighted by atomic mass is 9.57. The quantitative estimate of drug-likeness (QED) is 0.555. The molecule has 3 aliphatic rings. The highest BCUT2D eigenvalue weighted by Crippen LogP contribution is 2.60. The Bertz CT molecular complexity index is 265. The number of fused-ring (bicyclic) bond motifs is 6. The van der Waals surface area contributed by atoms with Crippen molar-refractivity contribution in [1.29, 1.82) is 5.26 Å². The smallest absolute Gasteiger partial charge is 0.0692 e. The van der Waals surface area contributed by atoms with Crippen LogP contribution in [0.25, 0.3) is 0 Å². The predicted molar refractivity (Wildman–Crippen MR) is 50.8 cm³/mol. The fraction of sp³-hybridized carbons (Fsp3) is 0.917. The lowest BCUT2D eigenvalue weighted by Gasteiger charge is -2.45. The molecule has 0 aromatic rings. The monoisotopic (exact) mass is 175 g/mol. The van der Waals surface area contributed by atoms with Gasteiger partial charge in [0, 0.05) is 0 Å². The number of hydrogen-bond acceptors (Lipinski definition) is 1. The standard InChI is InChI=1S/C12H17N/c13-8-12-5-1-2-10(7-12)9-3-4-11(12)6-9/h9-11H,1-7H2/t9-,10-,11+,12+/m1/s1. The molecule has 3 saturated carbocycles. The highest BCUT2D eigenvalue weighted by Gasteiger charge is 2.52. The number of nitriles is 1. The molecule has 0 aromatic carbocycles. The van der Waals surface area contributed by atoms with Crippen LogP contribution in [-0.2, 0) is 0 Å². The summed E-state index contributed by atoms with van der Waals surface area (Å²) >= 11 is 0. The molecule has 3 fully saturated rings. The fourth-order valence-electron chi connectivity index (χ4n) is 4.26. The van der Waals surface area contributed by atoms with E-state index in [-0.39, 0.29) is 5.41 Å². The Balaban J connectivity index is 1.98. The summed E-state index contributed by atoms with van der Waals surface area (Å²) in [5.41, 5.74) is 0.135. The van der Waals surface area contributed by atoms with Crippen LogP contribution in [0.2, 0.25) is 0 Å². The van der Waals surface area contributed by atoms with Crippen LogP contribution in [0.5, 0.6) is 0 Å². The number of nitrogens with zero attached hydrogens (tertiary/aromatic N) is 1. The maximum Gasteiger partial charge on any atom is 0.0692 e. The lowest BCUT2D eigenvalue weighted by Crippen LogP contribution is -2.39. The van der Waals surface area contributed by atoms with E-state index in [0.717, 1.165) is 17.8 Å². The van der Waals surface area contributed by atoms with Crippen molar-refractivity contribution in [1.82, 2.24) is 0 Å². The molecule has 3 aliphatic carbocycles. The molecule has 0 N–H and O–H groups in total. The fourth-order valence-corrected chi connectivity index (χ4v) is 4.26. The van der Waals surface area contributed by atoms with Crippen molar-refractivity contribution >= 4 is 0 Å². The summed E-state index contributed by atoms with van der Waals surface area (Å²) < 4.78 is 0. The van der Waals surface area contributed by atoms with Crippen LogP contribution < -0.4 is 0 Å². The van der Waals surface area contributed by atoms with Crippen LogP contribution in [0.1, 0.15) is 44.9 Å². The summed E-state index contributed by atoms with van der Waals surface area (Å²) in [7, 11) is 0. The van der Waals surface area contributed by atoms with E-state index in [1.54, 1.807) is 0 Å². The van der Waals surface area contributed by atoms with Gasteiger partial charge < -0.3 is 0 Å². The molecule has 70 valence electrons. The largest absolute Gasteiger partial charge is 0.198 e. The second-order valence-electron chi connectivity index (χ2n) is 5.39. The zero-order chi connectivity index (χ0) is 8.89. The highest BCUT2D eigenvalue weighted by molar-refractivity contribution is 5.12. The van der Waals surface area contributed by atoms with Crippen molar-refractivity contribution in [3.63, 3.8) is 0 Å². The SMILES string of the molecule is N#C[C@]12CCC[C@H](C1)[C@@H]1CC[C@H]2C1. The van der Waals surface area contributed by atoms with Crippen LogP contribution in [0, 0.1) is 34.5 Å². The Kier molecular flexibility index (Phi) is 1.51. The molecule has 13 heavy (non-hydrogen) atoms. The molecular weight excluding hydrogens is 158 g/mol. The van der Waals surface area contributed by atoms with Gasteiger partial charge >= 0.3 is 0 Å². The molecule has 4 bridgehead atoms. The first-order chi connectivity index (χ1) is 6.34. The van der Waals surface area contributed by atoms with Gasteiger partial charge in [0.1, 0.15) is 0 Å². The third kappa shape index (κ3) is 0.923. The van der Waals surface area contributed by atoms with E-state index >= 15 is 0 Å². The molecule has 0 spiro atoms. The molecule has 0 heterocycles. The van der Waals surface area contributed by atoms with E-state index in [9.17, 15) is 5.26 Å². The molecule has 3 rings (SSSR count). The average molecular weight is 175 g/mol. The van der Waals surface area contributed by atoms with E-state index < -0.39 is 0 Å². The van der Waals surface area contributed by atoms with Gasteiger partial charge in [0.25, 0.3) is 0 Å². The van der Waals surface area contributed by atoms with Gasteiger partial charge in [-0.05, 0) is 49.9 Å². The van der Waals surface area contributed by atoms with Crippen molar-refractivity contribution in [2.75, 3.05) is 0 Å². The van der Waals surface area contributed by atoms with E-state index in [2.05, 4.69) is 6.07 Å². The summed E-state index contributed by atoms with van der Waals surface area (Å²) in [6.45, 7) is 0. The van der Waals surface area contributed by atoms with Gasteiger partial charge in [0.05, 0.1) is 11.5 Å². The maximum atomic E-state index is 9.36. The Morgan fingerprint density at radius 1 is 1.15 bits per heavy atom. The topological polar surface area (TPSA) is 23.8 Å². The molecule has 4 atom stereocenters. The summed E-state index contributed by atoms with van der Waals surface area (Å²) in [5.74, 6) is 2.71. The van der Waals surface area contributed by atoms with Crippen LogP contribution in [0.15, 0.2) is 0 Å². The van der Waals surface area contributed by atoms with Gasteiger partial charge in [-0.15, -0.1) is 0 Å². The summed E-state index contributed by atoms with van der Waals surface area (Å²) in [5, 5.41) is 9.36. The summed E-state index contributed by atoms with van der Waals surface area (Å²) in [4.78, 5) is 0. The second-order valence-corrected chi connectivity index (χ2v) is 5.39. The molecule has 0 amide bonds. The first kappa shape index (κ1) is 7.85. The first-order valence-corrected chi connectivity index (χ1v) is 5.75. The molecule has 0 aromatic heterocycles. The van der Waals surface area contributed by atoms with Gasteiger partial charge in [0.15, 0.2) is 0 Å². The minimum absolute atomic E-state index is 0.135. The maximum absolute atomic E-state index is 9.36. The minimum atomic E-state index is 0.135. The predicted octanol–water partition coefficient (Wildman–Crippen LogP) is 3.12. The van der Waals surface area contributed by atoms with Gasteiger partial charge in [0.2, 0.25) is 0 Å². The highest BCUT2D eigenvalue weighted by atomic mass is 14.6. The lowest BCUT2D eigenvalue weighted by molar-refractivity contribution is 0.0594. The first-order valence-electron chi connectivity index (χ1n) is 5.75. The van der Waals surface area contributed by atoms with E-state index in [1.165, 1.54) is 44.9 Å². The second kappa shape index (κ2) is 2.50. The van der Waals surface area contributed by atoms with Crippen molar-refractivity contribution < 1.29 is 0 Å². The molecule has 0 aliphatic heterocycles. The van der Waals surface area contributed by atoms with Crippen molar-refractivity contribution in [3.8, 4) is 6.07 Å². The molecule has 0 unspecified atom stereocenters. The molecule has 1 nitrogen and oxygen atoms in total. The Morgan fingerprint density at radius 2 is 2.08 bits per heavy atom. The summed E-state index contributed by atoms with van der Waals surface area (Å²) in [6.07, 6.45) is 9.37. The van der Waals surface area contributed by atoms with E-state index in [1.807, 2.05) is 0 Å². The zero-order valence-electron chi connectivity index (χ0n) is 8.13. The number of rotatable bonds is 0. The average Bonchev–Trinajstić information content (AvgIpc) is 2.63. The van der Waals surface area contributed by atoms with Crippen LogP contribution >= 0.6 is 0 Å². The number of hydrogen-bond donors (Lipinski definition) is 0. The van der Waals surface area contributed by atoms with Crippen molar-refractivity contribution in [3.05, 3.63) is 0 Å². The minimum Gasteiger partial charge on any atom is -0.198 e. The van der Waals surface area contributed by atoms with Crippen molar-refractivity contribution in [2.24, 2.45) is 23.2 Å². The van der Waals surface area contributed by atoms with Gasteiger partial charge in [-0.25, -0.2) is 0 Å².